The maximum absolute atomic E-state index is 12.0. The molecular weight excluding hydrogens is 366 g/mol. The number of carbonyl (C=O) groups excluding carboxylic acids is 1. The van der Waals surface area contributed by atoms with Gasteiger partial charge in [-0.1, -0.05) is 42.5 Å². The molecule has 0 bridgehead atoms. The van der Waals surface area contributed by atoms with E-state index in [9.17, 15) is 13.2 Å². The Morgan fingerprint density at radius 3 is 2.41 bits per heavy atom. The van der Waals surface area contributed by atoms with Crippen LogP contribution in [0.4, 0.5) is 10.5 Å². The lowest BCUT2D eigenvalue weighted by Gasteiger charge is -2.10. The summed E-state index contributed by atoms with van der Waals surface area (Å²) in [4.78, 5) is 12.0. The van der Waals surface area contributed by atoms with Crippen LogP contribution in [0, 0.1) is 0 Å². The van der Waals surface area contributed by atoms with E-state index in [1.165, 1.54) is 35.0 Å². The number of fused-ring (bicyclic) bond motifs is 1. The van der Waals surface area contributed by atoms with E-state index in [-0.39, 0.29) is 11.8 Å². The Hall–Kier alpha value is -3.10. The molecule has 0 heterocycles. The molecule has 8 heteroatoms. The number of hydrogen-bond donors (Lipinski definition) is 3. The predicted molar refractivity (Wildman–Crippen MR) is 105 cm³/mol. The lowest BCUT2D eigenvalue weighted by Crippen LogP contribution is -2.30. The first-order chi connectivity index (χ1) is 12.9. The zero-order chi connectivity index (χ0) is 19.3. The molecule has 0 fully saturated rings. The van der Waals surface area contributed by atoms with Gasteiger partial charge in [-0.3, -0.25) is 0 Å². The summed E-state index contributed by atoms with van der Waals surface area (Å²) in [5.41, 5.74) is 1.66. The third-order valence-electron chi connectivity index (χ3n) is 3.88. The first-order valence-electron chi connectivity index (χ1n) is 8.24. The van der Waals surface area contributed by atoms with E-state index in [1.54, 1.807) is 0 Å². The van der Waals surface area contributed by atoms with Crippen molar-refractivity contribution in [2.24, 2.45) is 5.14 Å². The number of anilines is 1. The molecule has 3 rings (SSSR count). The molecule has 3 aromatic rings. The fourth-order valence-electron chi connectivity index (χ4n) is 2.72. The number of benzene rings is 3. The van der Waals surface area contributed by atoms with Crippen LogP contribution < -0.4 is 20.0 Å². The van der Waals surface area contributed by atoms with Gasteiger partial charge in [0.15, 0.2) is 0 Å². The maximum atomic E-state index is 12.0. The molecule has 0 saturated carbocycles. The van der Waals surface area contributed by atoms with E-state index in [0.29, 0.717) is 18.7 Å². The van der Waals surface area contributed by atoms with Gasteiger partial charge in [0.1, 0.15) is 5.75 Å². The second-order valence-corrected chi connectivity index (χ2v) is 7.02. The summed E-state index contributed by atoms with van der Waals surface area (Å²) in [6.07, 6.45) is 0.704. The number of nitrogens with two attached hydrogens (primary N) is 1. The van der Waals surface area contributed by atoms with Crippen LogP contribution in [-0.2, 0) is 16.7 Å². The smallest absolute Gasteiger partial charge is 0.371 e. The summed E-state index contributed by atoms with van der Waals surface area (Å²) < 4.78 is 26.2. The lowest BCUT2D eigenvalue weighted by atomic mass is 10.0. The highest BCUT2D eigenvalue weighted by atomic mass is 32.2. The molecule has 0 aliphatic rings. The average molecular weight is 385 g/mol. The van der Waals surface area contributed by atoms with Gasteiger partial charge in [-0.25, -0.2) is 4.79 Å². The van der Waals surface area contributed by atoms with Crippen molar-refractivity contribution in [3.05, 3.63) is 72.3 Å². The highest BCUT2D eigenvalue weighted by Crippen LogP contribution is 2.19. The van der Waals surface area contributed by atoms with Gasteiger partial charge in [0.2, 0.25) is 0 Å². The highest BCUT2D eigenvalue weighted by Gasteiger charge is 2.06. The molecular formula is C19H19N3O4S. The van der Waals surface area contributed by atoms with Gasteiger partial charge in [-0.05, 0) is 47.0 Å². The molecule has 3 aromatic carbocycles. The quantitative estimate of drug-likeness (QED) is 0.606. The summed E-state index contributed by atoms with van der Waals surface area (Å²) in [5, 5.41) is 12.6. The number of hydrogen-bond acceptors (Lipinski definition) is 4. The van der Waals surface area contributed by atoms with Crippen molar-refractivity contribution in [1.29, 1.82) is 0 Å². The molecule has 140 valence electrons. The van der Waals surface area contributed by atoms with Crippen LogP contribution in [0.1, 0.15) is 5.56 Å². The van der Waals surface area contributed by atoms with Crippen LogP contribution in [0.5, 0.6) is 5.75 Å². The molecule has 0 saturated heterocycles. The molecule has 0 spiro atoms. The Balaban J connectivity index is 1.52. The summed E-state index contributed by atoms with van der Waals surface area (Å²) in [7, 11) is -4.07. The fourth-order valence-corrected chi connectivity index (χ4v) is 3.10. The van der Waals surface area contributed by atoms with Crippen LogP contribution in [0.3, 0.4) is 0 Å². The van der Waals surface area contributed by atoms with E-state index in [4.69, 9.17) is 5.14 Å². The van der Waals surface area contributed by atoms with Crippen molar-refractivity contribution in [3.8, 4) is 5.75 Å². The van der Waals surface area contributed by atoms with Crippen molar-refractivity contribution < 1.29 is 17.4 Å². The van der Waals surface area contributed by atoms with Crippen molar-refractivity contribution in [3.63, 3.8) is 0 Å². The maximum Gasteiger partial charge on any atom is 0.380 e. The molecule has 0 atom stereocenters. The number of nitrogens with one attached hydrogen (secondary N) is 2. The van der Waals surface area contributed by atoms with Crippen molar-refractivity contribution >= 4 is 32.8 Å². The molecule has 0 unspecified atom stereocenters. The molecule has 0 aromatic heterocycles. The van der Waals surface area contributed by atoms with E-state index in [2.05, 4.69) is 33.0 Å². The molecule has 0 aliphatic heterocycles. The Bertz CT molecular complexity index is 1040. The van der Waals surface area contributed by atoms with Gasteiger partial charge in [0.05, 0.1) is 0 Å². The van der Waals surface area contributed by atoms with Gasteiger partial charge in [0, 0.05) is 12.2 Å². The summed E-state index contributed by atoms with van der Waals surface area (Å²) in [6, 6.07) is 19.7. The van der Waals surface area contributed by atoms with Gasteiger partial charge in [-0.2, -0.15) is 13.6 Å². The minimum absolute atomic E-state index is 0.0689. The zero-order valence-electron chi connectivity index (χ0n) is 14.4. The molecule has 0 aliphatic carbocycles. The first kappa shape index (κ1) is 18.7. The number of rotatable bonds is 6. The normalized spacial score (nSPS) is 11.1. The van der Waals surface area contributed by atoms with E-state index in [1.807, 2.05) is 24.3 Å². The number of urea groups is 1. The Labute approximate surface area is 157 Å². The van der Waals surface area contributed by atoms with Crippen molar-refractivity contribution in [1.82, 2.24) is 5.32 Å². The highest BCUT2D eigenvalue weighted by molar-refractivity contribution is 7.84. The van der Waals surface area contributed by atoms with Crippen molar-refractivity contribution in [2.45, 2.75) is 6.42 Å². The second-order valence-electron chi connectivity index (χ2n) is 5.87. The second kappa shape index (κ2) is 8.07. The number of amides is 2. The molecule has 4 N–H and O–H groups in total. The average Bonchev–Trinajstić information content (AvgIpc) is 2.62. The summed E-state index contributed by atoms with van der Waals surface area (Å²) >= 11 is 0. The van der Waals surface area contributed by atoms with Crippen LogP contribution in [-0.4, -0.2) is 21.0 Å². The predicted octanol–water partition coefficient (Wildman–Crippen LogP) is 2.79. The minimum Gasteiger partial charge on any atom is -0.371 e. The topological polar surface area (TPSA) is 111 Å². The van der Waals surface area contributed by atoms with E-state index >= 15 is 0 Å². The SMILES string of the molecule is NS(=O)(=O)Oc1ccc(NC(=O)NCCc2cccc3ccccc23)cc1. The Kier molecular flexibility index (Phi) is 5.58. The van der Waals surface area contributed by atoms with Crippen LogP contribution in [0.25, 0.3) is 10.8 Å². The van der Waals surface area contributed by atoms with Crippen molar-refractivity contribution in [2.75, 3.05) is 11.9 Å². The standard InChI is InChI=1S/C19H19N3O4S/c20-27(24,25)26-17-10-8-16(9-11-17)22-19(23)21-13-12-15-6-3-5-14-4-1-2-7-18(14)15/h1-11H,12-13H2,(H2,20,24,25)(H2,21,22,23). The first-order valence-corrected chi connectivity index (χ1v) is 9.72. The Morgan fingerprint density at radius 2 is 1.67 bits per heavy atom. The third-order valence-corrected chi connectivity index (χ3v) is 4.31. The monoisotopic (exact) mass is 385 g/mol. The van der Waals surface area contributed by atoms with E-state index in [0.717, 1.165) is 5.56 Å². The van der Waals surface area contributed by atoms with Gasteiger partial charge < -0.3 is 14.8 Å². The molecule has 2 amide bonds. The Morgan fingerprint density at radius 1 is 0.963 bits per heavy atom. The largest absolute Gasteiger partial charge is 0.380 e. The fraction of sp³-hybridized carbons (Fsp3) is 0.105. The van der Waals surface area contributed by atoms with E-state index < -0.39 is 10.3 Å². The van der Waals surface area contributed by atoms with Gasteiger partial charge in [0.25, 0.3) is 0 Å². The molecule has 27 heavy (non-hydrogen) atoms. The van der Waals surface area contributed by atoms with Gasteiger partial charge in [-0.15, -0.1) is 0 Å². The summed E-state index contributed by atoms with van der Waals surface area (Å²) in [6.45, 7) is 0.479. The van der Waals surface area contributed by atoms with Gasteiger partial charge >= 0.3 is 16.3 Å². The van der Waals surface area contributed by atoms with Crippen LogP contribution in [0.15, 0.2) is 66.7 Å². The number of carbonyl (C=O) groups is 1. The zero-order valence-corrected chi connectivity index (χ0v) is 15.2. The lowest BCUT2D eigenvalue weighted by molar-refractivity contribution is 0.252. The summed E-state index contributed by atoms with van der Waals surface area (Å²) in [5.74, 6) is 0.0689. The third kappa shape index (κ3) is 5.44. The minimum atomic E-state index is -4.07. The molecule has 0 radical (unpaired) electrons. The van der Waals surface area contributed by atoms with Crippen LogP contribution in [0.2, 0.25) is 0 Å². The van der Waals surface area contributed by atoms with Crippen LogP contribution >= 0.6 is 0 Å². The molecule has 7 nitrogen and oxygen atoms in total.